The normalized spacial score (nSPS) is 11.8. The molecule has 0 spiro atoms. The molecule has 0 atom stereocenters. The van der Waals surface area contributed by atoms with E-state index >= 15 is 0 Å². The smallest absolute Gasteiger partial charge is 0.330 e. The summed E-state index contributed by atoms with van der Waals surface area (Å²) < 4.78 is 31.1. The molecule has 0 saturated heterocycles. The summed E-state index contributed by atoms with van der Waals surface area (Å²) in [4.78, 5) is 23.9. The molecule has 1 N–H and O–H groups in total. The summed E-state index contributed by atoms with van der Waals surface area (Å²) in [5, 5.41) is 2.76. The Kier molecular flexibility index (Phi) is 7.91. The van der Waals surface area contributed by atoms with Gasteiger partial charge in [0, 0.05) is 30.4 Å². The zero-order chi connectivity index (χ0) is 22.3. The van der Waals surface area contributed by atoms with Gasteiger partial charge in [0.15, 0.2) is 0 Å². The van der Waals surface area contributed by atoms with Crippen molar-refractivity contribution in [1.29, 1.82) is 0 Å². The molecule has 1 amide bonds. The first-order valence-electron chi connectivity index (χ1n) is 9.49. The summed E-state index contributed by atoms with van der Waals surface area (Å²) in [6.45, 7) is 5.63. The van der Waals surface area contributed by atoms with Crippen LogP contribution in [0.15, 0.2) is 59.5 Å². The summed E-state index contributed by atoms with van der Waals surface area (Å²) in [6, 6.07) is 12.6. The molecule has 0 bridgehead atoms. The number of benzene rings is 2. The molecule has 0 aromatic heterocycles. The van der Waals surface area contributed by atoms with Gasteiger partial charge in [-0.05, 0) is 68.8 Å². The Bertz CT molecular complexity index is 1010. The highest BCUT2D eigenvalue weighted by molar-refractivity contribution is 7.89. The topological polar surface area (TPSA) is 92.8 Å². The van der Waals surface area contributed by atoms with Gasteiger partial charge >= 0.3 is 5.97 Å². The molecule has 0 aliphatic rings. The van der Waals surface area contributed by atoms with Gasteiger partial charge in [-0.1, -0.05) is 12.1 Å². The molecule has 0 fully saturated rings. The largest absolute Gasteiger partial charge is 0.463 e. The van der Waals surface area contributed by atoms with E-state index in [0.29, 0.717) is 17.9 Å². The van der Waals surface area contributed by atoms with Crippen molar-refractivity contribution in [3.05, 3.63) is 65.7 Å². The van der Waals surface area contributed by atoms with Crippen molar-refractivity contribution < 1.29 is 22.7 Å². The average Bonchev–Trinajstić information content (AvgIpc) is 2.72. The Labute approximate surface area is 177 Å². The maximum Gasteiger partial charge on any atom is 0.330 e. The van der Waals surface area contributed by atoms with Gasteiger partial charge in [0.1, 0.15) is 0 Å². The predicted molar refractivity (Wildman–Crippen MR) is 117 cm³/mol. The maximum atomic E-state index is 12.5. The zero-order valence-electron chi connectivity index (χ0n) is 17.5. The van der Waals surface area contributed by atoms with Crippen molar-refractivity contribution in [3.8, 4) is 0 Å². The molecule has 0 radical (unpaired) electrons. The summed E-state index contributed by atoms with van der Waals surface area (Å²) in [6.07, 6.45) is 2.96. The van der Waals surface area contributed by atoms with E-state index in [2.05, 4.69) is 5.32 Å². The minimum atomic E-state index is -3.60. The van der Waals surface area contributed by atoms with E-state index < -0.39 is 16.0 Å². The second-order valence-corrected chi connectivity index (χ2v) is 8.80. The van der Waals surface area contributed by atoms with E-state index in [9.17, 15) is 18.0 Å². The average molecular weight is 431 g/mol. The third-order valence-corrected chi connectivity index (χ3v) is 6.44. The minimum absolute atomic E-state index is 0.132. The molecule has 2 aromatic carbocycles. The van der Waals surface area contributed by atoms with E-state index in [1.165, 1.54) is 41.7 Å². The van der Waals surface area contributed by atoms with Crippen LogP contribution < -0.4 is 5.32 Å². The van der Waals surface area contributed by atoms with Crippen LogP contribution in [0.25, 0.3) is 6.08 Å². The Morgan fingerprint density at radius 3 is 2.20 bits per heavy atom. The third kappa shape index (κ3) is 6.01. The first-order valence-corrected chi connectivity index (χ1v) is 10.9. The summed E-state index contributed by atoms with van der Waals surface area (Å²) in [5.41, 5.74) is 1.70. The highest BCUT2D eigenvalue weighted by Crippen LogP contribution is 2.18. The Balaban J connectivity index is 2.05. The lowest BCUT2D eigenvalue weighted by molar-refractivity contribution is -0.137. The fourth-order valence-corrected chi connectivity index (χ4v) is 3.83. The first kappa shape index (κ1) is 23.3. The standard InChI is InChI=1S/C22H26N2O5S/c1-5-29-21(25)15-8-17-6-11-19(12-7-17)23-22(26)18-9-13-20(14-10-18)30(27,28)24(4)16(2)3/h6-16H,5H2,1-4H3,(H,23,26)/b15-8+. The van der Waals surface area contributed by atoms with Gasteiger partial charge in [-0.15, -0.1) is 0 Å². The van der Waals surface area contributed by atoms with E-state index in [1.807, 2.05) is 0 Å². The predicted octanol–water partition coefficient (Wildman–Crippen LogP) is 3.54. The van der Waals surface area contributed by atoms with E-state index in [-0.39, 0.29) is 16.8 Å². The van der Waals surface area contributed by atoms with Crippen LogP contribution in [0.5, 0.6) is 0 Å². The molecule has 0 saturated carbocycles. The molecule has 0 aliphatic heterocycles. The lowest BCUT2D eigenvalue weighted by Crippen LogP contribution is -2.33. The molecule has 7 nitrogen and oxygen atoms in total. The fourth-order valence-electron chi connectivity index (χ4n) is 2.46. The molecule has 160 valence electrons. The van der Waals surface area contributed by atoms with Crippen molar-refractivity contribution in [2.24, 2.45) is 0 Å². The molecule has 2 aromatic rings. The minimum Gasteiger partial charge on any atom is -0.463 e. The number of ether oxygens (including phenoxy) is 1. The van der Waals surface area contributed by atoms with E-state index in [4.69, 9.17) is 4.74 Å². The van der Waals surface area contributed by atoms with Gasteiger partial charge in [-0.3, -0.25) is 4.79 Å². The van der Waals surface area contributed by atoms with Crippen molar-refractivity contribution in [2.75, 3.05) is 19.0 Å². The molecule has 0 heterocycles. The number of nitrogens with one attached hydrogen (secondary N) is 1. The van der Waals surface area contributed by atoms with E-state index in [1.54, 1.807) is 51.1 Å². The van der Waals surface area contributed by atoms with Crippen molar-refractivity contribution >= 4 is 33.7 Å². The number of esters is 1. The number of carbonyl (C=O) groups is 2. The number of carbonyl (C=O) groups excluding carboxylic acids is 2. The van der Waals surface area contributed by atoms with Crippen molar-refractivity contribution in [2.45, 2.75) is 31.7 Å². The number of anilines is 1. The summed E-state index contributed by atoms with van der Waals surface area (Å²) in [7, 11) is -2.08. The number of sulfonamides is 1. The number of amides is 1. The summed E-state index contributed by atoms with van der Waals surface area (Å²) >= 11 is 0. The quantitative estimate of drug-likeness (QED) is 0.511. The molecular weight excluding hydrogens is 404 g/mol. The molecular formula is C22H26N2O5S. The van der Waals surface area contributed by atoms with Crippen LogP contribution in [0.3, 0.4) is 0 Å². The van der Waals surface area contributed by atoms with Crippen LogP contribution in [0, 0.1) is 0 Å². The van der Waals surface area contributed by atoms with Gasteiger partial charge < -0.3 is 10.1 Å². The lowest BCUT2D eigenvalue weighted by atomic mass is 10.1. The first-order chi connectivity index (χ1) is 14.1. The van der Waals surface area contributed by atoms with Crippen LogP contribution in [0.1, 0.15) is 36.7 Å². The Morgan fingerprint density at radius 1 is 1.07 bits per heavy atom. The highest BCUT2D eigenvalue weighted by Gasteiger charge is 2.23. The molecule has 8 heteroatoms. The van der Waals surface area contributed by atoms with Gasteiger partial charge in [0.25, 0.3) is 5.91 Å². The Hall–Kier alpha value is -2.97. The number of hydrogen-bond donors (Lipinski definition) is 1. The lowest BCUT2D eigenvalue weighted by Gasteiger charge is -2.21. The van der Waals surface area contributed by atoms with E-state index in [0.717, 1.165) is 5.56 Å². The summed E-state index contributed by atoms with van der Waals surface area (Å²) in [5.74, 6) is -0.772. The van der Waals surface area contributed by atoms with Gasteiger partial charge in [0.2, 0.25) is 10.0 Å². The highest BCUT2D eigenvalue weighted by atomic mass is 32.2. The number of nitrogens with zero attached hydrogens (tertiary/aromatic N) is 1. The van der Waals surface area contributed by atoms with Crippen LogP contribution in [0.4, 0.5) is 5.69 Å². The fraction of sp³-hybridized carbons (Fsp3) is 0.273. The molecule has 0 aliphatic carbocycles. The Morgan fingerprint density at radius 2 is 1.67 bits per heavy atom. The third-order valence-electron chi connectivity index (χ3n) is 4.39. The molecule has 2 rings (SSSR count). The SMILES string of the molecule is CCOC(=O)/C=C/c1ccc(NC(=O)c2ccc(S(=O)(=O)N(C)C(C)C)cc2)cc1. The molecule has 30 heavy (non-hydrogen) atoms. The monoisotopic (exact) mass is 430 g/mol. The van der Waals surface area contributed by atoms with Crippen LogP contribution in [0.2, 0.25) is 0 Å². The second kappa shape index (κ2) is 10.2. The number of rotatable bonds is 8. The number of hydrogen-bond acceptors (Lipinski definition) is 5. The van der Waals surface area contributed by atoms with Crippen LogP contribution >= 0.6 is 0 Å². The van der Waals surface area contributed by atoms with Crippen LogP contribution in [-0.4, -0.2) is 44.3 Å². The zero-order valence-corrected chi connectivity index (χ0v) is 18.3. The van der Waals surface area contributed by atoms with Crippen LogP contribution in [-0.2, 0) is 19.6 Å². The second-order valence-electron chi connectivity index (χ2n) is 6.80. The van der Waals surface area contributed by atoms with Gasteiger partial charge in [0.05, 0.1) is 11.5 Å². The maximum absolute atomic E-state index is 12.5. The van der Waals surface area contributed by atoms with Gasteiger partial charge in [-0.2, -0.15) is 4.31 Å². The van der Waals surface area contributed by atoms with Crippen molar-refractivity contribution in [1.82, 2.24) is 4.31 Å². The molecule has 0 unspecified atom stereocenters. The van der Waals surface area contributed by atoms with Crippen molar-refractivity contribution in [3.63, 3.8) is 0 Å². The van der Waals surface area contributed by atoms with Gasteiger partial charge in [-0.25, -0.2) is 13.2 Å².